The zero-order valence-corrected chi connectivity index (χ0v) is 12.5. The number of benzene rings is 1. The second-order valence-corrected chi connectivity index (χ2v) is 6.24. The Balaban J connectivity index is 2.00. The highest BCUT2D eigenvalue weighted by Gasteiger charge is 2.17. The summed E-state index contributed by atoms with van der Waals surface area (Å²) in [4.78, 5) is 5.43. The SMILES string of the molecule is CCc1cccc(OCc2ncc(C(C)(C)N)s2)c1. The van der Waals surface area contributed by atoms with Crippen molar-refractivity contribution < 1.29 is 4.74 Å². The molecule has 0 bridgehead atoms. The van der Waals surface area contributed by atoms with E-state index in [9.17, 15) is 0 Å². The van der Waals surface area contributed by atoms with Crippen LogP contribution in [0.15, 0.2) is 30.5 Å². The van der Waals surface area contributed by atoms with E-state index in [0.717, 1.165) is 22.1 Å². The first-order valence-corrected chi connectivity index (χ1v) is 7.26. The van der Waals surface area contributed by atoms with Crippen molar-refractivity contribution in [3.8, 4) is 5.75 Å². The number of ether oxygens (including phenoxy) is 1. The number of nitrogens with zero attached hydrogens (tertiary/aromatic N) is 1. The minimum atomic E-state index is -0.335. The van der Waals surface area contributed by atoms with Crippen LogP contribution in [-0.2, 0) is 18.6 Å². The van der Waals surface area contributed by atoms with Gasteiger partial charge in [-0.1, -0.05) is 19.1 Å². The second-order valence-electron chi connectivity index (χ2n) is 5.13. The molecule has 0 atom stereocenters. The number of rotatable bonds is 5. The minimum absolute atomic E-state index is 0.335. The minimum Gasteiger partial charge on any atom is -0.486 e. The Morgan fingerprint density at radius 1 is 1.37 bits per heavy atom. The van der Waals surface area contributed by atoms with Crippen molar-refractivity contribution in [2.75, 3.05) is 0 Å². The summed E-state index contributed by atoms with van der Waals surface area (Å²) < 4.78 is 5.77. The van der Waals surface area contributed by atoms with E-state index < -0.39 is 0 Å². The van der Waals surface area contributed by atoms with E-state index >= 15 is 0 Å². The van der Waals surface area contributed by atoms with Crippen molar-refractivity contribution in [2.24, 2.45) is 5.73 Å². The van der Waals surface area contributed by atoms with E-state index in [1.807, 2.05) is 32.2 Å². The van der Waals surface area contributed by atoms with Crippen molar-refractivity contribution in [1.82, 2.24) is 4.98 Å². The Morgan fingerprint density at radius 2 is 2.16 bits per heavy atom. The highest BCUT2D eigenvalue weighted by Crippen LogP contribution is 2.24. The molecule has 2 N–H and O–H groups in total. The van der Waals surface area contributed by atoms with E-state index in [-0.39, 0.29) is 5.54 Å². The predicted molar refractivity (Wildman–Crippen MR) is 79.5 cm³/mol. The van der Waals surface area contributed by atoms with Gasteiger partial charge in [0.25, 0.3) is 0 Å². The molecule has 0 unspecified atom stereocenters. The third kappa shape index (κ3) is 3.78. The molecule has 0 aliphatic heterocycles. The number of nitrogens with two attached hydrogens (primary N) is 1. The summed E-state index contributed by atoms with van der Waals surface area (Å²) in [5, 5.41) is 0.954. The molecule has 0 saturated carbocycles. The van der Waals surface area contributed by atoms with Crippen LogP contribution >= 0.6 is 11.3 Å². The van der Waals surface area contributed by atoms with Gasteiger partial charge in [-0.05, 0) is 38.0 Å². The van der Waals surface area contributed by atoms with Crippen LogP contribution in [0.1, 0.15) is 36.2 Å². The third-order valence-corrected chi connectivity index (χ3v) is 4.17. The van der Waals surface area contributed by atoms with Gasteiger partial charge in [-0.15, -0.1) is 11.3 Å². The van der Waals surface area contributed by atoms with E-state index in [1.165, 1.54) is 5.56 Å². The van der Waals surface area contributed by atoms with Crippen LogP contribution in [0.3, 0.4) is 0 Å². The van der Waals surface area contributed by atoms with Crippen molar-refractivity contribution >= 4 is 11.3 Å². The maximum absolute atomic E-state index is 6.04. The fraction of sp³-hybridized carbons (Fsp3) is 0.400. The Labute approximate surface area is 118 Å². The van der Waals surface area contributed by atoms with Gasteiger partial charge in [0, 0.05) is 16.6 Å². The molecule has 0 amide bonds. The summed E-state index contributed by atoms with van der Waals surface area (Å²) in [6.45, 7) is 6.59. The molecular formula is C15H20N2OS. The third-order valence-electron chi connectivity index (χ3n) is 2.86. The number of aryl methyl sites for hydroxylation is 1. The molecule has 0 saturated heterocycles. The van der Waals surface area contributed by atoms with Crippen molar-refractivity contribution in [3.63, 3.8) is 0 Å². The maximum Gasteiger partial charge on any atom is 0.140 e. The lowest BCUT2D eigenvalue weighted by Gasteiger charge is -2.14. The summed E-state index contributed by atoms with van der Waals surface area (Å²) in [6.07, 6.45) is 2.85. The molecule has 1 aromatic carbocycles. The van der Waals surface area contributed by atoms with Crippen LogP contribution in [0.5, 0.6) is 5.75 Å². The lowest BCUT2D eigenvalue weighted by atomic mass is 10.1. The quantitative estimate of drug-likeness (QED) is 0.909. The van der Waals surface area contributed by atoms with Crippen molar-refractivity contribution in [1.29, 1.82) is 0 Å². The van der Waals surface area contributed by atoms with Crippen LogP contribution in [0.25, 0.3) is 0 Å². The van der Waals surface area contributed by atoms with Gasteiger partial charge in [-0.25, -0.2) is 4.98 Å². The van der Waals surface area contributed by atoms with Gasteiger partial charge < -0.3 is 10.5 Å². The zero-order valence-electron chi connectivity index (χ0n) is 11.6. The molecule has 102 valence electrons. The molecule has 1 aromatic heterocycles. The fourth-order valence-electron chi connectivity index (χ4n) is 1.68. The van der Waals surface area contributed by atoms with E-state index in [1.54, 1.807) is 11.3 Å². The smallest absolute Gasteiger partial charge is 0.140 e. The van der Waals surface area contributed by atoms with E-state index in [2.05, 4.69) is 24.0 Å². The molecule has 0 aliphatic carbocycles. The molecular weight excluding hydrogens is 256 g/mol. The highest BCUT2D eigenvalue weighted by atomic mass is 32.1. The molecule has 0 spiro atoms. The van der Waals surface area contributed by atoms with Crippen LogP contribution in [0.2, 0.25) is 0 Å². The second kappa shape index (κ2) is 5.72. The van der Waals surface area contributed by atoms with Crippen LogP contribution in [-0.4, -0.2) is 4.98 Å². The summed E-state index contributed by atoms with van der Waals surface area (Å²) in [7, 11) is 0. The Morgan fingerprint density at radius 3 is 2.79 bits per heavy atom. The summed E-state index contributed by atoms with van der Waals surface area (Å²) in [5.74, 6) is 0.892. The molecule has 1 heterocycles. The summed E-state index contributed by atoms with van der Waals surface area (Å²) in [5.41, 5.74) is 6.99. The van der Waals surface area contributed by atoms with Crippen LogP contribution in [0.4, 0.5) is 0 Å². The number of thiazole rings is 1. The van der Waals surface area contributed by atoms with Crippen LogP contribution in [0, 0.1) is 0 Å². The summed E-state index contributed by atoms with van der Waals surface area (Å²) in [6, 6.07) is 8.16. The molecule has 4 heteroatoms. The average Bonchev–Trinajstić information content (AvgIpc) is 2.85. The monoisotopic (exact) mass is 276 g/mol. The van der Waals surface area contributed by atoms with Gasteiger partial charge in [0.15, 0.2) is 0 Å². The van der Waals surface area contributed by atoms with E-state index in [4.69, 9.17) is 10.5 Å². The Kier molecular flexibility index (Phi) is 4.22. The fourth-order valence-corrected chi connectivity index (χ4v) is 2.52. The number of aromatic nitrogens is 1. The molecule has 2 rings (SSSR count). The van der Waals surface area contributed by atoms with Crippen molar-refractivity contribution in [2.45, 2.75) is 39.3 Å². The van der Waals surface area contributed by atoms with Gasteiger partial charge in [0.05, 0.1) is 0 Å². The van der Waals surface area contributed by atoms with Gasteiger partial charge in [0.2, 0.25) is 0 Å². The Bertz CT molecular complexity index is 543. The normalized spacial score (nSPS) is 11.6. The van der Waals surface area contributed by atoms with Gasteiger partial charge in [-0.2, -0.15) is 0 Å². The predicted octanol–water partition coefficient (Wildman–Crippen LogP) is 3.48. The van der Waals surface area contributed by atoms with Crippen LogP contribution < -0.4 is 10.5 Å². The maximum atomic E-state index is 6.04. The van der Waals surface area contributed by atoms with Gasteiger partial charge >= 0.3 is 0 Å². The zero-order chi connectivity index (χ0) is 13.9. The van der Waals surface area contributed by atoms with Crippen molar-refractivity contribution in [3.05, 3.63) is 45.9 Å². The lowest BCUT2D eigenvalue weighted by Crippen LogP contribution is -2.27. The molecule has 0 aliphatic rings. The molecule has 2 aromatic rings. The molecule has 0 fully saturated rings. The van der Waals surface area contributed by atoms with Gasteiger partial charge in [0.1, 0.15) is 17.4 Å². The van der Waals surface area contributed by atoms with E-state index in [0.29, 0.717) is 6.61 Å². The standard InChI is InChI=1S/C15H20N2OS/c1-4-11-6-5-7-12(8-11)18-10-14-17-9-13(19-14)15(2,3)16/h5-9H,4,10,16H2,1-3H3. The van der Waals surface area contributed by atoms with Gasteiger partial charge in [-0.3, -0.25) is 0 Å². The first-order chi connectivity index (χ1) is 8.99. The molecule has 0 radical (unpaired) electrons. The molecule has 3 nitrogen and oxygen atoms in total. The topological polar surface area (TPSA) is 48.1 Å². The number of hydrogen-bond acceptors (Lipinski definition) is 4. The Hall–Kier alpha value is -1.39. The first kappa shape index (κ1) is 14.0. The first-order valence-electron chi connectivity index (χ1n) is 6.45. The summed E-state index contributed by atoms with van der Waals surface area (Å²) >= 11 is 1.61. The average molecular weight is 276 g/mol. The largest absolute Gasteiger partial charge is 0.486 e. The number of hydrogen-bond donors (Lipinski definition) is 1. The lowest BCUT2D eigenvalue weighted by molar-refractivity contribution is 0.305. The highest BCUT2D eigenvalue weighted by molar-refractivity contribution is 7.11. The molecule has 19 heavy (non-hydrogen) atoms.